The summed E-state index contributed by atoms with van der Waals surface area (Å²) in [5, 5.41) is 4.24. The summed E-state index contributed by atoms with van der Waals surface area (Å²) in [6, 6.07) is 8.89. The van der Waals surface area contributed by atoms with E-state index in [9.17, 15) is 9.59 Å². The van der Waals surface area contributed by atoms with E-state index in [1.165, 1.54) is 0 Å². The molecule has 0 aliphatic heterocycles. The number of carbonyl (C=O) groups is 2. The van der Waals surface area contributed by atoms with Crippen molar-refractivity contribution in [3.8, 4) is 5.69 Å². The summed E-state index contributed by atoms with van der Waals surface area (Å²) in [5.74, 6) is 0.0686. The Balaban J connectivity index is 1.96. The molecule has 0 radical (unpaired) electrons. The van der Waals surface area contributed by atoms with Gasteiger partial charge in [-0.1, -0.05) is 27.7 Å². The van der Waals surface area contributed by atoms with Crippen molar-refractivity contribution < 1.29 is 14.3 Å². The maximum atomic E-state index is 12.4. The van der Waals surface area contributed by atoms with Crippen molar-refractivity contribution in [1.29, 1.82) is 0 Å². The molecular formula is C21H29N3O3. The molecule has 1 aromatic carbocycles. The van der Waals surface area contributed by atoms with Gasteiger partial charge in [-0.3, -0.25) is 4.79 Å². The van der Waals surface area contributed by atoms with Crippen LogP contribution in [0.5, 0.6) is 0 Å². The van der Waals surface area contributed by atoms with Gasteiger partial charge in [0.05, 0.1) is 11.3 Å². The SMILES string of the molecule is Cc1ccnn1-c1ccc(C(=O)OCC(=O)N(CC(C)C)CC(C)C)cc1. The molecule has 0 bridgehead atoms. The van der Waals surface area contributed by atoms with Crippen LogP contribution in [0.2, 0.25) is 0 Å². The minimum Gasteiger partial charge on any atom is -0.452 e. The minimum atomic E-state index is -0.499. The number of aryl methyl sites for hydroxylation is 1. The second-order valence-corrected chi connectivity index (χ2v) is 7.59. The Labute approximate surface area is 161 Å². The fraction of sp³-hybridized carbons (Fsp3) is 0.476. The zero-order valence-corrected chi connectivity index (χ0v) is 16.8. The Hall–Kier alpha value is -2.63. The first kappa shape index (κ1) is 20.7. The number of hydrogen-bond donors (Lipinski definition) is 0. The van der Waals surface area contributed by atoms with Crippen molar-refractivity contribution in [2.45, 2.75) is 34.6 Å². The number of carbonyl (C=O) groups excluding carboxylic acids is 2. The summed E-state index contributed by atoms with van der Waals surface area (Å²) < 4.78 is 7.02. The summed E-state index contributed by atoms with van der Waals surface area (Å²) in [4.78, 5) is 26.5. The molecule has 6 heteroatoms. The van der Waals surface area contributed by atoms with E-state index in [1.54, 1.807) is 27.9 Å². The van der Waals surface area contributed by atoms with Gasteiger partial charge < -0.3 is 9.64 Å². The minimum absolute atomic E-state index is 0.158. The normalized spacial score (nSPS) is 11.1. The first-order valence-corrected chi connectivity index (χ1v) is 9.34. The van der Waals surface area contributed by atoms with Gasteiger partial charge in [0.15, 0.2) is 6.61 Å². The van der Waals surface area contributed by atoms with Crippen molar-refractivity contribution in [3.05, 3.63) is 47.8 Å². The lowest BCUT2D eigenvalue weighted by Gasteiger charge is -2.26. The molecule has 0 atom stereocenters. The topological polar surface area (TPSA) is 64.4 Å². The van der Waals surface area contributed by atoms with E-state index in [0.29, 0.717) is 30.5 Å². The van der Waals surface area contributed by atoms with E-state index < -0.39 is 5.97 Å². The zero-order valence-electron chi connectivity index (χ0n) is 16.8. The lowest BCUT2D eigenvalue weighted by Crippen LogP contribution is -2.39. The van der Waals surface area contributed by atoms with Crippen LogP contribution in [0.4, 0.5) is 0 Å². The third-order valence-corrected chi connectivity index (χ3v) is 4.03. The third kappa shape index (κ3) is 5.94. The Morgan fingerprint density at radius 1 is 1.04 bits per heavy atom. The van der Waals surface area contributed by atoms with Crippen LogP contribution >= 0.6 is 0 Å². The van der Waals surface area contributed by atoms with Crippen LogP contribution in [-0.4, -0.2) is 46.3 Å². The van der Waals surface area contributed by atoms with E-state index in [0.717, 1.165) is 11.4 Å². The molecule has 0 fully saturated rings. The highest BCUT2D eigenvalue weighted by molar-refractivity contribution is 5.91. The molecule has 0 unspecified atom stereocenters. The summed E-state index contributed by atoms with van der Waals surface area (Å²) in [7, 11) is 0. The van der Waals surface area contributed by atoms with Gasteiger partial charge in [-0.25, -0.2) is 9.48 Å². The standard InChI is InChI=1S/C21H29N3O3/c1-15(2)12-23(13-16(3)4)20(25)14-27-21(26)18-6-8-19(9-7-18)24-17(5)10-11-22-24/h6-11,15-16H,12-14H2,1-5H3. The molecule has 6 nitrogen and oxygen atoms in total. The number of rotatable bonds is 8. The Bertz CT molecular complexity index is 753. The third-order valence-electron chi connectivity index (χ3n) is 4.03. The zero-order chi connectivity index (χ0) is 20.0. The van der Waals surface area contributed by atoms with Gasteiger partial charge in [-0.05, 0) is 49.1 Å². The van der Waals surface area contributed by atoms with Crippen molar-refractivity contribution in [3.63, 3.8) is 0 Å². The van der Waals surface area contributed by atoms with Crippen LogP contribution in [0.3, 0.4) is 0 Å². The van der Waals surface area contributed by atoms with Gasteiger partial charge in [0.2, 0.25) is 0 Å². The molecule has 1 aromatic heterocycles. The van der Waals surface area contributed by atoms with E-state index in [-0.39, 0.29) is 12.5 Å². The van der Waals surface area contributed by atoms with E-state index in [1.807, 2.05) is 25.1 Å². The van der Waals surface area contributed by atoms with Crippen LogP contribution < -0.4 is 0 Å². The predicted molar refractivity (Wildman–Crippen MR) is 105 cm³/mol. The number of hydrogen-bond acceptors (Lipinski definition) is 4. The molecule has 0 spiro atoms. The van der Waals surface area contributed by atoms with E-state index >= 15 is 0 Å². The quantitative estimate of drug-likeness (QED) is 0.667. The summed E-state index contributed by atoms with van der Waals surface area (Å²) in [6.07, 6.45) is 1.73. The number of benzene rings is 1. The number of amides is 1. The maximum Gasteiger partial charge on any atom is 0.338 e. The highest BCUT2D eigenvalue weighted by Gasteiger charge is 2.18. The molecule has 2 rings (SSSR count). The van der Waals surface area contributed by atoms with Crippen molar-refractivity contribution in [2.24, 2.45) is 11.8 Å². The smallest absolute Gasteiger partial charge is 0.338 e. The van der Waals surface area contributed by atoms with Gasteiger partial charge >= 0.3 is 5.97 Å². The first-order chi connectivity index (χ1) is 12.8. The fourth-order valence-electron chi connectivity index (χ4n) is 2.84. The molecule has 146 valence electrons. The van der Waals surface area contributed by atoms with Crippen LogP contribution in [0.25, 0.3) is 5.69 Å². The molecule has 1 amide bonds. The predicted octanol–water partition coefficient (Wildman–Crippen LogP) is 3.48. The molecule has 0 aliphatic rings. The van der Waals surface area contributed by atoms with E-state index in [4.69, 9.17) is 4.74 Å². The number of esters is 1. The van der Waals surface area contributed by atoms with Crippen LogP contribution in [-0.2, 0) is 9.53 Å². The second-order valence-electron chi connectivity index (χ2n) is 7.59. The van der Waals surface area contributed by atoms with Gasteiger partial charge in [0, 0.05) is 25.0 Å². The van der Waals surface area contributed by atoms with Gasteiger partial charge in [0.1, 0.15) is 0 Å². The van der Waals surface area contributed by atoms with Crippen molar-refractivity contribution in [2.75, 3.05) is 19.7 Å². The largest absolute Gasteiger partial charge is 0.452 e. The first-order valence-electron chi connectivity index (χ1n) is 9.34. The summed E-state index contributed by atoms with van der Waals surface area (Å²) in [5.41, 5.74) is 2.28. The molecule has 27 heavy (non-hydrogen) atoms. The molecule has 0 saturated heterocycles. The average Bonchev–Trinajstić information content (AvgIpc) is 3.04. The van der Waals surface area contributed by atoms with E-state index in [2.05, 4.69) is 32.8 Å². The average molecular weight is 371 g/mol. The second kappa shape index (κ2) is 9.35. The monoisotopic (exact) mass is 371 g/mol. The highest BCUT2D eigenvalue weighted by atomic mass is 16.5. The molecule has 0 aliphatic carbocycles. The summed E-state index contributed by atoms with van der Waals surface area (Å²) >= 11 is 0. The summed E-state index contributed by atoms with van der Waals surface area (Å²) in [6.45, 7) is 11.3. The molecule has 0 saturated carbocycles. The van der Waals surface area contributed by atoms with Gasteiger partial charge in [-0.2, -0.15) is 5.10 Å². The maximum absolute atomic E-state index is 12.4. The molecule has 2 aromatic rings. The van der Waals surface area contributed by atoms with Crippen LogP contribution in [0, 0.1) is 18.8 Å². The Kier molecular flexibility index (Phi) is 7.16. The van der Waals surface area contributed by atoms with Gasteiger partial charge in [0.25, 0.3) is 5.91 Å². The lowest BCUT2D eigenvalue weighted by molar-refractivity contribution is -0.135. The molecule has 0 N–H and O–H groups in total. The molecular weight excluding hydrogens is 342 g/mol. The Morgan fingerprint density at radius 2 is 1.63 bits per heavy atom. The van der Waals surface area contributed by atoms with Gasteiger partial charge in [-0.15, -0.1) is 0 Å². The highest BCUT2D eigenvalue weighted by Crippen LogP contribution is 2.12. The molecule has 1 heterocycles. The number of ether oxygens (including phenoxy) is 1. The number of aromatic nitrogens is 2. The lowest BCUT2D eigenvalue weighted by atomic mass is 10.1. The van der Waals surface area contributed by atoms with Crippen LogP contribution in [0.15, 0.2) is 36.5 Å². The van der Waals surface area contributed by atoms with Crippen molar-refractivity contribution in [1.82, 2.24) is 14.7 Å². The van der Waals surface area contributed by atoms with Crippen LogP contribution in [0.1, 0.15) is 43.7 Å². The fourth-order valence-corrected chi connectivity index (χ4v) is 2.84. The number of nitrogens with zero attached hydrogens (tertiary/aromatic N) is 3. The van der Waals surface area contributed by atoms with Crippen molar-refractivity contribution >= 4 is 11.9 Å². The Morgan fingerprint density at radius 3 is 2.11 bits per heavy atom.